The maximum Gasteiger partial charge on any atom is 0.128 e. The molecule has 0 radical (unpaired) electrons. The first-order valence-corrected chi connectivity index (χ1v) is 5.67. The van der Waals surface area contributed by atoms with Crippen molar-refractivity contribution in [3.05, 3.63) is 29.6 Å². The van der Waals surface area contributed by atoms with Gasteiger partial charge in [-0.1, -0.05) is 13.3 Å². The topological polar surface area (TPSA) is 42.2 Å². The zero-order valence-electron chi connectivity index (χ0n) is 9.91. The lowest BCUT2D eigenvalue weighted by atomic mass is 10.2. The van der Waals surface area contributed by atoms with Crippen molar-refractivity contribution in [2.45, 2.75) is 19.8 Å². The first kappa shape index (κ1) is 13.5. The van der Waals surface area contributed by atoms with E-state index in [0.29, 0.717) is 25.6 Å². The van der Waals surface area contributed by atoms with Crippen LogP contribution in [0.5, 0.6) is 5.75 Å². The van der Waals surface area contributed by atoms with Gasteiger partial charge in [-0.25, -0.2) is 4.39 Å². The highest BCUT2D eigenvalue weighted by atomic mass is 19.1. The molecule has 0 N–H and O–H groups in total. The van der Waals surface area contributed by atoms with Crippen LogP contribution in [0.2, 0.25) is 0 Å². The van der Waals surface area contributed by atoms with Crippen LogP contribution in [0.15, 0.2) is 18.2 Å². The molecule has 0 saturated heterocycles. The number of benzene rings is 1. The van der Waals surface area contributed by atoms with Gasteiger partial charge in [-0.3, -0.25) is 0 Å². The van der Waals surface area contributed by atoms with Gasteiger partial charge >= 0.3 is 0 Å². The molecule has 4 heteroatoms. The van der Waals surface area contributed by atoms with E-state index in [1.807, 2.05) is 6.07 Å². The van der Waals surface area contributed by atoms with Gasteiger partial charge in [0.15, 0.2) is 0 Å². The van der Waals surface area contributed by atoms with Crippen molar-refractivity contribution in [3.63, 3.8) is 0 Å². The molecule has 0 fully saturated rings. The van der Waals surface area contributed by atoms with E-state index in [0.717, 1.165) is 12.8 Å². The van der Waals surface area contributed by atoms with Crippen molar-refractivity contribution >= 4 is 0 Å². The first-order chi connectivity index (χ1) is 8.26. The second-order valence-electron chi connectivity index (χ2n) is 3.60. The van der Waals surface area contributed by atoms with Gasteiger partial charge in [-0.2, -0.15) is 5.26 Å². The molecule has 0 unspecified atom stereocenters. The van der Waals surface area contributed by atoms with Crippen LogP contribution in [0, 0.1) is 17.1 Å². The number of hydrogen-bond donors (Lipinski definition) is 0. The van der Waals surface area contributed by atoms with Gasteiger partial charge in [0.05, 0.1) is 18.2 Å². The largest absolute Gasteiger partial charge is 0.491 e. The van der Waals surface area contributed by atoms with E-state index in [2.05, 4.69) is 6.92 Å². The molecule has 1 rings (SSSR count). The van der Waals surface area contributed by atoms with Crippen LogP contribution in [0.1, 0.15) is 25.3 Å². The number of unbranched alkanes of at least 4 members (excludes halogenated alkanes) is 1. The molecular weight excluding hydrogens is 221 g/mol. The third kappa shape index (κ3) is 5.32. The van der Waals surface area contributed by atoms with Crippen molar-refractivity contribution in [2.24, 2.45) is 0 Å². The molecule has 0 atom stereocenters. The Hall–Kier alpha value is -1.60. The number of ether oxygens (including phenoxy) is 2. The molecule has 17 heavy (non-hydrogen) atoms. The summed E-state index contributed by atoms with van der Waals surface area (Å²) in [6, 6.07) is 5.81. The number of nitrogens with zero attached hydrogens (tertiary/aromatic N) is 1. The van der Waals surface area contributed by atoms with Crippen LogP contribution in [0.25, 0.3) is 0 Å². The summed E-state index contributed by atoms with van der Waals surface area (Å²) in [6.45, 7) is 3.64. The van der Waals surface area contributed by atoms with Gasteiger partial charge in [0, 0.05) is 12.7 Å². The predicted octanol–water partition coefficient (Wildman–Crippen LogP) is 2.89. The summed E-state index contributed by atoms with van der Waals surface area (Å²) in [7, 11) is 0. The third-order valence-corrected chi connectivity index (χ3v) is 2.14. The smallest absolute Gasteiger partial charge is 0.128 e. The van der Waals surface area contributed by atoms with E-state index in [9.17, 15) is 4.39 Å². The highest BCUT2D eigenvalue weighted by molar-refractivity contribution is 5.36. The summed E-state index contributed by atoms with van der Waals surface area (Å²) in [4.78, 5) is 0. The van der Waals surface area contributed by atoms with Crippen LogP contribution in [-0.2, 0) is 4.74 Å². The molecule has 0 aromatic heterocycles. The summed E-state index contributed by atoms with van der Waals surface area (Å²) >= 11 is 0. The molecule has 0 bridgehead atoms. The third-order valence-electron chi connectivity index (χ3n) is 2.14. The quantitative estimate of drug-likeness (QED) is 0.685. The van der Waals surface area contributed by atoms with E-state index in [1.165, 1.54) is 18.2 Å². The van der Waals surface area contributed by atoms with Crippen molar-refractivity contribution < 1.29 is 13.9 Å². The fraction of sp³-hybridized carbons (Fsp3) is 0.462. The van der Waals surface area contributed by atoms with Gasteiger partial charge < -0.3 is 9.47 Å². The maximum absolute atomic E-state index is 13.0. The standard InChI is InChI=1S/C13H16FNO2/c1-2-3-4-16-5-6-17-13-8-11(10-15)7-12(14)9-13/h7-9H,2-6H2,1H3. The van der Waals surface area contributed by atoms with Gasteiger partial charge in [-0.05, 0) is 18.6 Å². The molecule has 0 aliphatic carbocycles. The molecule has 1 aromatic carbocycles. The molecule has 0 spiro atoms. The fourth-order valence-electron chi connectivity index (χ4n) is 1.28. The van der Waals surface area contributed by atoms with Crippen LogP contribution in [-0.4, -0.2) is 19.8 Å². The highest BCUT2D eigenvalue weighted by Crippen LogP contribution is 2.15. The Labute approximate surface area is 101 Å². The molecular formula is C13H16FNO2. The normalized spacial score (nSPS) is 9.94. The highest BCUT2D eigenvalue weighted by Gasteiger charge is 2.01. The molecule has 0 aliphatic heterocycles. The summed E-state index contributed by atoms with van der Waals surface area (Å²) in [5, 5.41) is 8.66. The van der Waals surface area contributed by atoms with E-state index in [4.69, 9.17) is 14.7 Å². The van der Waals surface area contributed by atoms with Crippen LogP contribution in [0.3, 0.4) is 0 Å². The Balaban J connectivity index is 2.32. The van der Waals surface area contributed by atoms with Gasteiger partial charge in [0.2, 0.25) is 0 Å². The summed E-state index contributed by atoms with van der Waals surface area (Å²) in [5.74, 6) is -0.105. The Morgan fingerprint density at radius 1 is 1.24 bits per heavy atom. The average Bonchev–Trinajstić information content (AvgIpc) is 2.33. The zero-order valence-corrected chi connectivity index (χ0v) is 9.91. The molecule has 0 heterocycles. The summed E-state index contributed by atoms with van der Waals surface area (Å²) in [6.07, 6.45) is 2.12. The Morgan fingerprint density at radius 3 is 2.76 bits per heavy atom. The lowest BCUT2D eigenvalue weighted by Crippen LogP contribution is -2.07. The van der Waals surface area contributed by atoms with E-state index >= 15 is 0 Å². The maximum atomic E-state index is 13.0. The number of halogens is 1. The first-order valence-electron chi connectivity index (χ1n) is 5.67. The molecule has 92 valence electrons. The second-order valence-corrected chi connectivity index (χ2v) is 3.60. The fourth-order valence-corrected chi connectivity index (χ4v) is 1.28. The summed E-state index contributed by atoms with van der Waals surface area (Å²) in [5.41, 5.74) is 0.256. The van der Waals surface area contributed by atoms with Crippen molar-refractivity contribution in [1.82, 2.24) is 0 Å². The van der Waals surface area contributed by atoms with Gasteiger partial charge in [0.1, 0.15) is 18.2 Å². The SMILES string of the molecule is CCCCOCCOc1cc(F)cc(C#N)c1. The van der Waals surface area contributed by atoms with Crippen molar-refractivity contribution in [2.75, 3.05) is 19.8 Å². The molecule has 0 saturated carbocycles. The Morgan fingerprint density at radius 2 is 2.06 bits per heavy atom. The molecule has 0 aliphatic rings. The lowest BCUT2D eigenvalue weighted by molar-refractivity contribution is 0.0979. The monoisotopic (exact) mass is 237 g/mol. The van der Waals surface area contributed by atoms with Crippen molar-refractivity contribution in [3.8, 4) is 11.8 Å². The van der Waals surface area contributed by atoms with Crippen LogP contribution >= 0.6 is 0 Å². The molecule has 1 aromatic rings. The minimum Gasteiger partial charge on any atom is -0.491 e. The Kier molecular flexibility index (Phi) is 6.05. The molecule has 0 amide bonds. The number of rotatable bonds is 7. The minimum absolute atomic E-state index is 0.256. The van der Waals surface area contributed by atoms with Crippen LogP contribution < -0.4 is 4.74 Å². The van der Waals surface area contributed by atoms with E-state index in [1.54, 1.807) is 0 Å². The summed E-state index contributed by atoms with van der Waals surface area (Å²) < 4.78 is 23.6. The lowest BCUT2D eigenvalue weighted by Gasteiger charge is -2.07. The zero-order chi connectivity index (χ0) is 12.5. The number of hydrogen-bond acceptors (Lipinski definition) is 3. The average molecular weight is 237 g/mol. The predicted molar refractivity (Wildman–Crippen MR) is 62.3 cm³/mol. The molecule has 3 nitrogen and oxygen atoms in total. The van der Waals surface area contributed by atoms with E-state index in [-0.39, 0.29) is 5.56 Å². The van der Waals surface area contributed by atoms with Crippen LogP contribution in [0.4, 0.5) is 4.39 Å². The van der Waals surface area contributed by atoms with Crippen molar-refractivity contribution in [1.29, 1.82) is 5.26 Å². The van der Waals surface area contributed by atoms with E-state index < -0.39 is 5.82 Å². The van der Waals surface area contributed by atoms with Gasteiger partial charge in [-0.15, -0.1) is 0 Å². The minimum atomic E-state index is -0.467. The van der Waals surface area contributed by atoms with Gasteiger partial charge in [0.25, 0.3) is 0 Å². The Bertz CT molecular complexity index is 387. The second kappa shape index (κ2) is 7.64. The number of nitriles is 1.